The number of benzene rings is 1. The number of carbonyl (C=O) groups excluding carboxylic acids is 2. The van der Waals surface area contributed by atoms with Gasteiger partial charge in [0, 0.05) is 5.70 Å². The van der Waals surface area contributed by atoms with Crippen molar-refractivity contribution < 1.29 is 23.5 Å². The molecule has 0 radical (unpaired) electrons. The lowest BCUT2D eigenvalue weighted by atomic mass is 9.95. The Kier molecular flexibility index (Phi) is 4.82. The fraction of sp³-hybridized carbons (Fsp3) is 0.412. The van der Waals surface area contributed by atoms with Crippen LogP contribution in [0.4, 0.5) is 9.18 Å². The molecule has 0 saturated carbocycles. The third-order valence-corrected chi connectivity index (χ3v) is 3.40. The van der Waals surface area contributed by atoms with Gasteiger partial charge in [-0.05, 0) is 45.4 Å². The van der Waals surface area contributed by atoms with E-state index in [0.717, 1.165) is 0 Å². The van der Waals surface area contributed by atoms with E-state index in [0.29, 0.717) is 11.3 Å². The Labute approximate surface area is 140 Å². The number of carbonyl (C=O) groups is 2. The minimum Gasteiger partial charge on any atom is -0.494 e. The molecule has 1 aliphatic rings. The van der Waals surface area contributed by atoms with Gasteiger partial charge in [-0.2, -0.15) is 0 Å². The van der Waals surface area contributed by atoms with Crippen LogP contribution in [0.25, 0.3) is 0 Å². The molecule has 0 saturated heterocycles. The minimum absolute atomic E-state index is 0.0291. The van der Waals surface area contributed by atoms with Crippen LogP contribution in [0, 0.1) is 5.82 Å². The van der Waals surface area contributed by atoms with E-state index in [4.69, 9.17) is 9.47 Å². The van der Waals surface area contributed by atoms with Crippen molar-refractivity contribution in [1.82, 2.24) is 10.6 Å². The molecular weight excluding hydrogens is 315 g/mol. The molecule has 2 amide bonds. The monoisotopic (exact) mass is 336 g/mol. The van der Waals surface area contributed by atoms with E-state index in [2.05, 4.69) is 10.6 Å². The third-order valence-electron chi connectivity index (χ3n) is 3.40. The Morgan fingerprint density at radius 1 is 1.29 bits per heavy atom. The van der Waals surface area contributed by atoms with E-state index in [9.17, 15) is 14.0 Å². The largest absolute Gasteiger partial charge is 0.494 e. The highest BCUT2D eigenvalue weighted by Crippen LogP contribution is 2.31. The van der Waals surface area contributed by atoms with Crippen LogP contribution in [-0.2, 0) is 9.53 Å². The second kappa shape index (κ2) is 6.51. The number of rotatable bonds is 3. The molecule has 1 aliphatic heterocycles. The molecule has 1 heterocycles. The molecule has 1 aromatic carbocycles. The summed E-state index contributed by atoms with van der Waals surface area (Å²) < 4.78 is 24.0. The second-order valence-corrected chi connectivity index (χ2v) is 6.47. The number of allylic oxidation sites excluding steroid dienone is 1. The van der Waals surface area contributed by atoms with Gasteiger partial charge in [-0.25, -0.2) is 14.0 Å². The normalized spacial score (nSPS) is 17.9. The van der Waals surface area contributed by atoms with Gasteiger partial charge in [0.05, 0.1) is 18.7 Å². The van der Waals surface area contributed by atoms with E-state index < -0.39 is 29.5 Å². The number of esters is 1. The number of nitrogens with one attached hydrogen (secondary N) is 2. The van der Waals surface area contributed by atoms with E-state index >= 15 is 0 Å². The molecular formula is C17H21FN2O4. The van der Waals surface area contributed by atoms with Crippen molar-refractivity contribution in [1.29, 1.82) is 0 Å². The molecule has 1 atom stereocenters. The molecule has 0 bridgehead atoms. The number of urea groups is 1. The zero-order chi connectivity index (χ0) is 18.1. The van der Waals surface area contributed by atoms with Crippen LogP contribution in [0.3, 0.4) is 0 Å². The average molecular weight is 336 g/mol. The van der Waals surface area contributed by atoms with Gasteiger partial charge >= 0.3 is 12.0 Å². The molecule has 24 heavy (non-hydrogen) atoms. The Morgan fingerprint density at radius 3 is 2.54 bits per heavy atom. The summed E-state index contributed by atoms with van der Waals surface area (Å²) >= 11 is 0. The van der Waals surface area contributed by atoms with Gasteiger partial charge in [0.25, 0.3) is 0 Å². The summed E-state index contributed by atoms with van der Waals surface area (Å²) in [6, 6.07) is 2.95. The van der Waals surface area contributed by atoms with Gasteiger partial charge in [-0.3, -0.25) is 0 Å². The quantitative estimate of drug-likeness (QED) is 0.832. The molecule has 7 heteroatoms. The van der Waals surface area contributed by atoms with Crippen LogP contribution in [0.15, 0.2) is 29.5 Å². The third kappa shape index (κ3) is 3.84. The Bertz CT molecular complexity index is 707. The summed E-state index contributed by atoms with van der Waals surface area (Å²) in [6.45, 7) is 6.88. The highest BCUT2D eigenvalue weighted by atomic mass is 19.1. The SMILES string of the molecule is COc1cc(C2NC(=O)NC(C)=C2C(=O)OC(C)(C)C)ccc1F. The molecule has 2 N–H and O–H groups in total. The maximum absolute atomic E-state index is 13.6. The van der Waals surface area contributed by atoms with E-state index in [1.165, 1.54) is 25.3 Å². The summed E-state index contributed by atoms with van der Waals surface area (Å²) in [5.74, 6) is -1.05. The number of methoxy groups -OCH3 is 1. The first-order valence-corrected chi connectivity index (χ1v) is 7.47. The van der Waals surface area contributed by atoms with Gasteiger partial charge in [0.2, 0.25) is 0 Å². The first-order chi connectivity index (χ1) is 11.1. The predicted molar refractivity (Wildman–Crippen MR) is 85.9 cm³/mol. The molecule has 130 valence electrons. The second-order valence-electron chi connectivity index (χ2n) is 6.47. The van der Waals surface area contributed by atoms with Gasteiger partial charge < -0.3 is 20.1 Å². The fourth-order valence-electron chi connectivity index (χ4n) is 2.40. The lowest BCUT2D eigenvalue weighted by molar-refractivity contribution is -0.150. The average Bonchev–Trinajstić information content (AvgIpc) is 2.44. The van der Waals surface area contributed by atoms with Crippen LogP contribution < -0.4 is 15.4 Å². The Hall–Kier alpha value is -2.57. The summed E-state index contributed by atoms with van der Waals surface area (Å²) in [5.41, 5.74) is 0.486. The molecule has 6 nitrogen and oxygen atoms in total. The van der Waals surface area contributed by atoms with Gasteiger partial charge in [-0.1, -0.05) is 6.07 Å². The number of hydrogen-bond acceptors (Lipinski definition) is 4. The Balaban J connectivity index is 2.47. The van der Waals surface area contributed by atoms with Crippen LogP contribution in [-0.4, -0.2) is 24.7 Å². The van der Waals surface area contributed by atoms with Crippen molar-refractivity contribution in [2.75, 3.05) is 7.11 Å². The minimum atomic E-state index is -0.761. The number of ether oxygens (including phenoxy) is 2. The van der Waals surface area contributed by atoms with Crippen molar-refractivity contribution >= 4 is 12.0 Å². The number of amides is 2. The fourth-order valence-corrected chi connectivity index (χ4v) is 2.40. The number of hydrogen-bond donors (Lipinski definition) is 2. The van der Waals surface area contributed by atoms with Crippen molar-refractivity contribution in [3.05, 3.63) is 40.8 Å². The van der Waals surface area contributed by atoms with E-state index in [1.54, 1.807) is 27.7 Å². The molecule has 1 unspecified atom stereocenters. The highest BCUT2D eigenvalue weighted by molar-refractivity contribution is 5.95. The summed E-state index contributed by atoms with van der Waals surface area (Å²) in [4.78, 5) is 24.4. The van der Waals surface area contributed by atoms with Crippen LogP contribution in [0.5, 0.6) is 5.75 Å². The molecule has 0 aliphatic carbocycles. The first-order valence-electron chi connectivity index (χ1n) is 7.47. The summed E-state index contributed by atoms with van der Waals surface area (Å²) in [5, 5.41) is 5.22. The van der Waals surface area contributed by atoms with Crippen molar-refractivity contribution in [2.24, 2.45) is 0 Å². The van der Waals surface area contributed by atoms with Gasteiger partial charge in [0.1, 0.15) is 5.60 Å². The van der Waals surface area contributed by atoms with Gasteiger partial charge in [-0.15, -0.1) is 0 Å². The topological polar surface area (TPSA) is 76.7 Å². The van der Waals surface area contributed by atoms with Crippen LogP contribution in [0.2, 0.25) is 0 Å². The zero-order valence-electron chi connectivity index (χ0n) is 14.3. The van der Waals surface area contributed by atoms with Crippen LogP contribution in [0.1, 0.15) is 39.3 Å². The highest BCUT2D eigenvalue weighted by Gasteiger charge is 2.34. The number of halogens is 1. The molecule has 0 fully saturated rings. The summed E-state index contributed by atoms with van der Waals surface area (Å²) in [7, 11) is 1.35. The first kappa shape index (κ1) is 17.8. The Morgan fingerprint density at radius 2 is 1.96 bits per heavy atom. The lowest BCUT2D eigenvalue weighted by Gasteiger charge is -2.30. The molecule has 0 spiro atoms. The van der Waals surface area contributed by atoms with Gasteiger partial charge in [0.15, 0.2) is 11.6 Å². The van der Waals surface area contributed by atoms with Crippen molar-refractivity contribution in [3.63, 3.8) is 0 Å². The predicted octanol–water partition coefficient (Wildman–Crippen LogP) is 2.80. The lowest BCUT2D eigenvalue weighted by Crippen LogP contribution is -2.46. The smallest absolute Gasteiger partial charge is 0.338 e. The van der Waals surface area contributed by atoms with Crippen molar-refractivity contribution in [3.8, 4) is 5.75 Å². The molecule has 1 aromatic rings. The molecule has 0 aromatic heterocycles. The maximum Gasteiger partial charge on any atom is 0.338 e. The van der Waals surface area contributed by atoms with Crippen LogP contribution >= 0.6 is 0 Å². The van der Waals surface area contributed by atoms with Crippen molar-refractivity contribution in [2.45, 2.75) is 39.3 Å². The maximum atomic E-state index is 13.6. The standard InChI is InChI=1S/C17H21FN2O4/c1-9-13(15(21)24-17(2,3)4)14(20-16(22)19-9)10-6-7-11(18)12(8-10)23-5/h6-8,14H,1-5H3,(H2,19,20,22). The van der Waals surface area contributed by atoms with E-state index in [-0.39, 0.29) is 11.3 Å². The van der Waals surface area contributed by atoms with E-state index in [1.807, 2.05) is 0 Å². The molecule has 2 rings (SSSR count). The zero-order valence-corrected chi connectivity index (χ0v) is 14.3. The summed E-state index contributed by atoms with van der Waals surface area (Å²) in [6.07, 6.45) is 0.